The molecule has 1 N–H and O–H groups in total. The van der Waals surface area contributed by atoms with Gasteiger partial charge in [-0.1, -0.05) is 41.9 Å². The number of anilines is 1. The van der Waals surface area contributed by atoms with Gasteiger partial charge in [-0.05, 0) is 66.2 Å². The summed E-state index contributed by atoms with van der Waals surface area (Å²) >= 11 is 5.93. The van der Waals surface area contributed by atoms with Crippen molar-refractivity contribution in [1.82, 2.24) is 4.98 Å². The lowest BCUT2D eigenvalue weighted by Gasteiger charge is -2.01. The molecular weight excluding hydrogens is 436 g/mol. The van der Waals surface area contributed by atoms with Crippen LogP contribution in [0.25, 0.3) is 28.5 Å². The van der Waals surface area contributed by atoms with E-state index in [1.165, 1.54) is 6.08 Å². The van der Waals surface area contributed by atoms with E-state index < -0.39 is 0 Å². The number of amides is 1. The highest BCUT2D eigenvalue weighted by Crippen LogP contribution is 2.25. The van der Waals surface area contributed by atoms with Crippen LogP contribution >= 0.6 is 11.6 Å². The molecule has 2 aromatic heterocycles. The van der Waals surface area contributed by atoms with Crippen LogP contribution in [0.5, 0.6) is 0 Å². The number of carbonyl (C=O) groups is 1. The number of fused-ring (bicyclic) bond motifs is 1. The van der Waals surface area contributed by atoms with E-state index in [2.05, 4.69) is 10.3 Å². The zero-order valence-corrected chi connectivity index (χ0v) is 18.3. The highest BCUT2D eigenvalue weighted by molar-refractivity contribution is 6.30. The van der Waals surface area contributed by atoms with Crippen LogP contribution in [-0.4, -0.2) is 10.9 Å². The van der Waals surface area contributed by atoms with Crippen molar-refractivity contribution in [2.45, 2.75) is 6.42 Å². The third-order valence-electron chi connectivity index (χ3n) is 5.05. The minimum atomic E-state index is -0.271. The maximum Gasteiger partial charge on any atom is 0.248 e. The van der Waals surface area contributed by atoms with Gasteiger partial charge in [0.15, 0.2) is 11.5 Å². The molecule has 0 aliphatic rings. The molecular formula is C27H19ClN2O3. The Morgan fingerprint density at radius 3 is 2.58 bits per heavy atom. The third kappa shape index (κ3) is 5.05. The van der Waals surface area contributed by atoms with E-state index in [-0.39, 0.29) is 5.91 Å². The van der Waals surface area contributed by atoms with Gasteiger partial charge in [-0.15, -0.1) is 0 Å². The van der Waals surface area contributed by atoms with E-state index >= 15 is 0 Å². The summed E-state index contributed by atoms with van der Waals surface area (Å²) in [5.74, 6) is 1.64. The number of nitrogens with zero attached hydrogens (tertiary/aromatic N) is 1. The van der Waals surface area contributed by atoms with Gasteiger partial charge in [0.25, 0.3) is 0 Å². The normalized spacial score (nSPS) is 11.3. The number of carbonyl (C=O) groups excluding carboxylic acids is 1. The summed E-state index contributed by atoms with van der Waals surface area (Å²) in [5, 5.41) is 3.51. The standard InChI is InChI=1S/C27H19ClN2O3/c28-20-8-6-19(7-9-20)24-14-11-22(32-24)12-15-26(31)29-21-10-13-25-23(17-21)30-27(33-25)16-18-4-2-1-3-5-18/h1-15,17H,16H2,(H,29,31)/b15-12+. The lowest BCUT2D eigenvalue weighted by atomic mass is 10.1. The van der Waals surface area contributed by atoms with Gasteiger partial charge in [0.2, 0.25) is 5.91 Å². The second-order valence-electron chi connectivity index (χ2n) is 7.48. The molecule has 0 radical (unpaired) electrons. The highest BCUT2D eigenvalue weighted by Gasteiger charge is 2.09. The number of halogens is 1. The van der Waals surface area contributed by atoms with Crippen LogP contribution in [0.4, 0.5) is 5.69 Å². The molecule has 33 heavy (non-hydrogen) atoms. The van der Waals surface area contributed by atoms with Crippen molar-refractivity contribution in [3.63, 3.8) is 0 Å². The van der Waals surface area contributed by atoms with Crippen LogP contribution < -0.4 is 5.32 Å². The maximum atomic E-state index is 12.4. The van der Waals surface area contributed by atoms with Crippen molar-refractivity contribution in [2.24, 2.45) is 0 Å². The quantitative estimate of drug-likeness (QED) is 0.281. The third-order valence-corrected chi connectivity index (χ3v) is 5.30. The van der Waals surface area contributed by atoms with E-state index in [0.717, 1.165) is 11.1 Å². The van der Waals surface area contributed by atoms with Crippen molar-refractivity contribution in [1.29, 1.82) is 0 Å². The Morgan fingerprint density at radius 1 is 0.939 bits per heavy atom. The Hall–Kier alpha value is -4.09. The highest BCUT2D eigenvalue weighted by atomic mass is 35.5. The van der Waals surface area contributed by atoms with E-state index in [4.69, 9.17) is 20.4 Å². The lowest BCUT2D eigenvalue weighted by molar-refractivity contribution is -0.111. The molecule has 6 heteroatoms. The van der Waals surface area contributed by atoms with Gasteiger partial charge in [-0.25, -0.2) is 4.98 Å². The molecule has 2 heterocycles. The average Bonchev–Trinajstić information content (AvgIpc) is 3.45. The average molecular weight is 455 g/mol. The molecule has 1 amide bonds. The fourth-order valence-electron chi connectivity index (χ4n) is 3.45. The first-order valence-corrected chi connectivity index (χ1v) is 10.8. The molecule has 0 fully saturated rings. The topological polar surface area (TPSA) is 68.3 Å². The zero-order valence-electron chi connectivity index (χ0n) is 17.5. The number of hydrogen-bond donors (Lipinski definition) is 1. The molecule has 0 saturated heterocycles. The molecule has 0 bridgehead atoms. The summed E-state index contributed by atoms with van der Waals surface area (Å²) in [6, 6.07) is 26.4. The second kappa shape index (κ2) is 9.18. The number of benzene rings is 3. The van der Waals surface area contributed by atoms with Crippen molar-refractivity contribution in [3.05, 3.63) is 113 Å². The molecule has 5 nitrogen and oxygen atoms in total. The predicted octanol–water partition coefficient (Wildman–Crippen LogP) is 6.98. The summed E-state index contributed by atoms with van der Waals surface area (Å²) in [6.07, 6.45) is 3.67. The van der Waals surface area contributed by atoms with Gasteiger partial charge in [0.05, 0.1) is 0 Å². The van der Waals surface area contributed by atoms with Gasteiger partial charge in [-0.2, -0.15) is 0 Å². The minimum absolute atomic E-state index is 0.271. The molecule has 0 unspecified atom stereocenters. The van der Waals surface area contributed by atoms with Crippen molar-refractivity contribution in [3.8, 4) is 11.3 Å². The first-order chi connectivity index (χ1) is 16.1. The smallest absolute Gasteiger partial charge is 0.248 e. The summed E-state index contributed by atoms with van der Waals surface area (Å²) in [5.41, 5.74) is 4.05. The molecule has 0 spiro atoms. The molecule has 0 saturated carbocycles. The molecule has 5 aromatic rings. The van der Waals surface area contributed by atoms with E-state index in [9.17, 15) is 4.79 Å². The molecule has 5 rings (SSSR count). The fraction of sp³-hybridized carbons (Fsp3) is 0.0370. The van der Waals surface area contributed by atoms with Crippen LogP contribution in [0, 0.1) is 0 Å². The molecule has 3 aromatic carbocycles. The molecule has 0 aliphatic carbocycles. The van der Waals surface area contributed by atoms with Crippen LogP contribution in [0.2, 0.25) is 5.02 Å². The first-order valence-electron chi connectivity index (χ1n) is 10.4. The van der Waals surface area contributed by atoms with Gasteiger partial charge in [-0.3, -0.25) is 4.79 Å². The Labute approximate surface area is 195 Å². The minimum Gasteiger partial charge on any atom is -0.457 e. The Kier molecular flexibility index (Phi) is 5.79. The van der Waals surface area contributed by atoms with Crippen molar-refractivity contribution >= 4 is 40.4 Å². The number of aromatic nitrogens is 1. The number of hydrogen-bond acceptors (Lipinski definition) is 4. The van der Waals surface area contributed by atoms with E-state index in [0.29, 0.717) is 45.6 Å². The van der Waals surface area contributed by atoms with E-state index in [1.807, 2.05) is 54.6 Å². The number of nitrogens with one attached hydrogen (secondary N) is 1. The zero-order chi connectivity index (χ0) is 22.6. The summed E-state index contributed by atoms with van der Waals surface area (Å²) in [7, 11) is 0. The Balaban J connectivity index is 1.24. The van der Waals surface area contributed by atoms with Gasteiger partial charge in [0.1, 0.15) is 17.0 Å². The van der Waals surface area contributed by atoms with Crippen LogP contribution in [-0.2, 0) is 11.2 Å². The van der Waals surface area contributed by atoms with Crippen molar-refractivity contribution in [2.75, 3.05) is 5.32 Å². The van der Waals surface area contributed by atoms with Gasteiger partial charge < -0.3 is 14.2 Å². The second-order valence-corrected chi connectivity index (χ2v) is 7.92. The SMILES string of the molecule is O=C(/C=C/c1ccc(-c2ccc(Cl)cc2)o1)Nc1ccc2oc(Cc3ccccc3)nc2c1. The molecule has 0 aliphatic heterocycles. The van der Waals surface area contributed by atoms with Gasteiger partial charge >= 0.3 is 0 Å². The van der Waals surface area contributed by atoms with Crippen LogP contribution in [0.1, 0.15) is 17.2 Å². The van der Waals surface area contributed by atoms with E-state index in [1.54, 1.807) is 36.4 Å². The van der Waals surface area contributed by atoms with Crippen molar-refractivity contribution < 1.29 is 13.6 Å². The van der Waals surface area contributed by atoms with Crippen LogP contribution in [0.15, 0.2) is 99.8 Å². The fourth-order valence-corrected chi connectivity index (χ4v) is 3.58. The summed E-state index contributed by atoms with van der Waals surface area (Å²) in [4.78, 5) is 16.9. The number of rotatable bonds is 6. The predicted molar refractivity (Wildman–Crippen MR) is 130 cm³/mol. The Morgan fingerprint density at radius 2 is 1.76 bits per heavy atom. The molecule has 162 valence electrons. The summed E-state index contributed by atoms with van der Waals surface area (Å²) < 4.78 is 11.6. The largest absolute Gasteiger partial charge is 0.457 e. The van der Waals surface area contributed by atoms with Gasteiger partial charge in [0, 0.05) is 28.8 Å². The summed E-state index contributed by atoms with van der Waals surface area (Å²) in [6.45, 7) is 0. The Bertz CT molecular complexity index is 1430. The molecule has 0 atom stereocenters. The van der Waals surface area contributed by atoms with Crippen LogP contribution in [0.3, 0.4) is 0 Å². The monoisotopic (exact) mass is 454 g/mol. The first kappa shape index (κ1) is 20.8. The lowest BCUT2D eigenvalue weighted by Crippen LogP contribution is -2.07. The maximum absolute atomic E-state index is 12.4. The number of oxazole rings is 1. The number of furan rings is 1.